The van der Waals surface area contributed by atoms with E-state index in [4.69, 9.17) is 0 Å². The minimum absolute atomic E-state index is 0. The quantitative estimate of drug-likeness (QED) is 0.659. The molecule has 1 fully saturated rings. The van der Waals surface area contributed by atoms with Crippen molar-refractivity contribution >= 4 is 28.1 Å². The van der Waals surface area contributed by atoms with Gasteiger partial charge in [-0.15, -0.1) is 12.4 Å². The van der Waals surface area contributed by atoms with E-state index in [-0.39, 0.29) is 29.0 Å². The molecule has 1 aromatic carbocycles. The first-order valence-electron chi connectivity index (χ1n) is 6.78. The fourth-order valence-electron chi connectivity index (χ4n) is 2.48. The van der Waals surface area contributed by atoms with Gasteiger partial charge in [0.2, 0.25) is 10.0 Å². The van der Waals surface area contributed by atoms with Gasteiger partial charge in [-0.2, -0.15) is 4.31 Å². The molecule has 0 aliphatic carbocycles. The van der Waals surface area contributed by atoms with Crippen molar-refractivity contribution in [2.24, 2.45) is 0 Å². The highest BCUT2D eigenvalue weighted by molar-refractivity contribution is 7.89. The molecule has 0 aromatic heterocycles. The first kappa shape index (κ1) is 18.8. The van der Waals surface area contributed by atoms with E-state index in [1.165, 1.54) is 23.5 Å². The second kappa shape index (κ2) is 7.36. The average molecular weight is 350 g/mol. The number of rotatable bonds is 4. The summed E-state index contributed by atoms with van der Waals surface area (Å²) in [5, 5.41) is 14.1. The fourth-order valence-corrected chi connectivity index (χ4v) is 3.92. The van der Waals surface area contributed by atoms with Gasteiger partial charge in [-0.25, -0.2) is 8.42 Å². The van der Waals surface area contributed by atoms with Gasteiger partial charge in [0, 0.05) is 24.7 Å². The van der Waals surface area contributed by atoms with E-state index in [1.807, 2.05) is 0 Å². The Morgan fingerprint density at radius 3 is 2.45 bits per heavy atom. The van der Waals surface area contributed by atoms with E-state index in [9.17, 15) is 18.5 Å². The lowest BCUT2D eigenvalue weighted by Crippen LogP contribution is -2.43. The molecule has 1 heterocycles. The van der Waals surface area contributed by atoms with Gasteiger partial charge in [-0.3, -0.25) is 10.1 Å². The van der Waals surface area contributed by atoms with Crippen LogP contribution in [0.2, 0.25) is 0 Å². The number of halogens is 1. The minimum Gasteiger partial charge on any atom is -0.317 e. The highest BCUT2D eigenvalue weighted by Gasteiger charge is 2.30. The van der Waals surface area contributed by atoms with Crippen LogP contribution in [-0.2, 0) is 10.0 Å². The van der Waals surface area contributed by atoms with Gasteiger partial charge in [0.25, 0.3) is 5.69 Å². The summed E-state index contributed by atoms with van der Waals surface area (Å²) >= 11 is 0. The van der Waals surface area contributed by atoms with Gasteiger partial charge < -0.3 is 5.32 Å². The first-order valence-corrected chi connectivity index (χ1v) is 8.22. The molecule has 0 spiro atoms. The Balaban J connectivity index is 0.00000242. The number of piperidine rings is 1. The summed E-state index contributed by atoms with van der Waals surface area (Å²) in [4.78, 5) is 10.4. The Bertz CT molecular complexity index is 645. The van der Waals surface area contributed by atoms with Crippen LogP contribution in [0.25, 0.3) is 0 Å². The maximum Gasteiger partial charge on any atom is 0.273 e. The van der Waals surface area contributed by atoms with Crippen LogP contribution in [0.3, 0.4) is 0 Å². The first-order chi connectivity index (χ1) is 9.84. The number of sulfonamides is 1. The number of benzene rings is 1. The SMILES string of the molecule is Cc1ccc(S(=O)(=O)N(C)C2CCNCC2)cc1[N+](=O)[O-].Cl. The van der Waals surface area contributed by atoms with Gasteiger partial charge in [-0.05, 0) is 38.9 Å². The summed E-state index contributed by atoms with van der Waals surface area (Å²) in [6, 6.07) is 3.97. The van der Waals surface area contributed by atoms with Crippen LogP contribution in [0.15, 0.2) is 23.1 Å². The Hall–Kier alpha value is -1.22. The molecule has 124 valence electrons. The lowest BCUT2D eigenvalue weighted by Gasteiger charge is -2.30. The molecule has 0 radical (unpaired) electrons. The zero-order valence-corrected chi connectivity index (χ0v) is 14.1. The summed E-state index contributed by atoms with van der Waals surface area (Å²) in [5.41, 5.74) is 0.276. The van der Waals surface area contributed by atoms with Crippen molar-refractivity contribution in [3.63, 3.8) is 0 Å². The van der Waals surface area contributed by atoms with Crippen molar-refractivity contribution in [2.75, 3.05) is 20.1 Å². The highest BCUT2D eigenvalue weighted by atomic mass is 35.5. The third-order valence-electron chi connectivity index (χ3n) is 3.88. The molecule has 1 saturated heterocycles. The van der Waals surface area contributed by atoms with Crippen LogP contribution in [0, 0.1) is 17.0 Å². The number of nitro benzene ring substituents is 1. The molecule has 0 bridgehead atoms. The number of hydrogen-bond donors (Lipinski definition) is 1. The molecule has 1 aliphatic rings. The van der Waals surface area contributed by atoms with Crippen molar-refractivity contribution in [2.45, 2.75) is 30.7 Å². The topological polar surface area (TPSA) is 92.6 Å². The second-order valence-electron chi connectivity index (χ2n) is 5.21. The Labute approximate surface area is 136 Å². The van der Waals surface area contributed by atoms with Crippen LogP contribution < -0.4 is 5.32 Å². The summed E-state index contributed by atoms with van der Waals surface area (Å²) in [5.74, 6) is 0. The number of nitrogens with zero attached hydrogens (tertiary/aromatic N) is 2. The van der Waals surface area contributed by atoms with E-state index >= 15 is 0 Å². The third kappa shape index (κ3) is 3.75. The number of nitrogens with one attached hydrogen (secondary N) is 1. The van der Waals surface area contributed by atoms with Gasteiger partial charge >= 0.3 is 0 Å². The van der Waals surface area contributed by atoms with Gasteiger partial charge in [0.1, 0.15) is 0 Å². The predicted octanol–water partition coefficient (Wildman–Crippen LogP) is 1.70. The molecule has 2 rings (SSSR count). The maximum atomic E-state index is 12.6. The zero-order chi connectivity index (χ0) is 15.6. The highest BCUT2D eigenvalue weighted by Crippen LogP contribution is 2.26. The Morgan fingerprint density at radius 2 is 1.91 bits per heavy atom. The van der Waals surface area contributed by atoms with Crippen molar-refractivity contribution in [1.29, 1.82) is 0 Å². The number of aryl methyl sites for hydroxylation is 1. The van der Waals surface area contributed by atoms with Crippen molar-refractivity contribution < 1.29 is 13.3 Å². The monoisotopic (exact) mass is 349 g/mol. The average Bonchev–Trinajstić information content (AvgIpc) is 2.47. The Morgan fingerprint density at radius 1 is 1.32 bits per heavy atom. The van der Waals surface area contributed by atoms with Crippen LogP contribution in [0.1, 0.15) is 18.4 Å². The summed E-state index contributed by atoms with van der Waals surface area (Å²) in [6.45, 7) is 3.14. The van der Waals surface area contributed by atoms with E-state index in [2.05, 4.69) is 5.32 Å². The molecular formula is C13H20ClN3O4S. The van der Waals surface area contributed by atoms with Crippen molar-refractivity contribution in [3.8, 4) is 0 Å². The zero-order valence-electron chi connectivity index (χ0n) is 12.5. The molecule has 0 amide bonds. The van der Waals surface area contributed by atoms with Crippen LogP contribution >= 0.6 is 12.4 Å². The van der Waals surface area contributed by atoms with Crippen LogP contribution in [0.4, 0.5) is 5.69 Å². The Kier molecular flexibility index (Phi) is 6.30. The van der Waals surface area contributed by atoms with E-state index in [0.29, 0.717) is 5.56 Å². The predicted molar refractivity (Wildman–Crippen MR) is 85.9 cm³/mol. The third-order valence-corrected chi connectivity index (χ3v) is 5.78. The number of hydrogen-bond acceptors (Lipinski definition) is 5. The molecule has 1 N–H and O–H groups in total. The van der Waals surface area contributed by atoms with E-state index in [1.54, 1.807) is 6.92 Å². The number of nitro groups is 1. The summed E-state index contributed by atoms with van der Waals surface area (Å²) < 4.78 is 26.5. The molecule has 1 aliphatic heterocycles. The largest absolute Gasteiger partial charge is 0.317 e. The molecule has 0 saturated carbocycles. The van der Waals surface area contributed by atoms with Crippen LogP contribution in [-0.4, -0.2) is 43.8 Å². The normalized spacial score (nSPS) is 16.3. The second-order valence-corrected chi connectivity index (χ2v) is 7.21. The fraction of sp³-hybridized carbons (Fsp3) is 0.538. The van der Waals surface area contributed by atoms with Gasteiger partial charge in [0.15, 0.2) is 0 Å². The van der Waals surface area contributed by atoms with E-state index < -0.39 is 14.9 Å². The minimum atomic E-state index is -3.71. The van der Waals surface area contributed by atoms with Crippen molar-refractivity contribution in [3.05, 3.63) is 33.9 Å². The summed E-state index contributed by atoms with van der Waals surface area (Å²) in [6.07, 6.45) is 1.48. The lowest BCUT2D eigenvalue weighted by atomic mass is 10.1. The lowest BCUT2D eigenvalue weighted by molar-refractivity contribution is -0.385. The van der Waals surface area contributed by atoms with Crippen molar-refractivity contribution in [1.82, 2.24) is 9.62 Å². The van der Waals surface area contributed by atoms with Gasteiger partial charge in [0.05, 0.1) is 9.82 Å². The molecule has 0 unspecified atom stereocenters. The smallest absolute Gasteiger partial charge is 0.273 e. The molecule has 1 aromatic rings. The maximum absolute atomic E-state index is 12.6. The van der Waals surface area contributed by atoms with Gasteiger partial charge in [-0.1, -0.05) is 6.07 Å². The molecule has 0 atom stereocenters. The standard InChI is InChI=1S/C13H19N3O4S.ClH/c1-10-3-4-12(9-13(10)16(17)18)21(19,20)15(2)11-5-7-14-8-6-11;/h3-4,9,11,14H,5-8H2,1-2H3;1H. The summed E-state index contributed by atoms with van der Waals surface area (Å²) in [7, 11) is -2.17. The van der Waals surface area contributed by atoms with E-state index in [0.717, 1.165) is 32.0 Å². The molecule has 22 heavy (non-hydrogen) atoms. The molecule has 7 nitrogen and oxygen atoms in total. The van der Waals surface area contributed by atoms with Crippen LogP contribution in [0.5, 0.6) is 0 Å². The molecular weight excluding hydrogens is 330 g/mol. The molecule has 9 heteroatoms.